The predicted octanol–water partition coefficient (Wildman–Crippen LogP) is 11.4. The molecule has 0 bridgehead atoms. The quantitative estimate of drug-likeness (QED) is 0.178. The standard InChI is InChI=1S/C46H31N3S/c1-5-16-32(17-6-1)33-28-30-35(31-29-33)44-47-43(34-18-7-2-8-19-34)48-45(49-44)38-24-15-26-40-42(38)50-41-27-14-13-25-39(41)46(40,36-20-9-3-10-21-36)37-22-11-4-12-23-37/h1-31H. The number of fused-ring (bicyclic) bond motifs is 2. The first-order valence-corrected chi connectivity index (χ1v) is 17.6. The molecular weight excluding hydrogens is 627 g/mol. The van der Waals surface area contributed by atoms with E-state index >= 15 is 0 Å². The summed E-state index contributed by atoms with van der Waals surface area (Å²) in [6, 6.07) is 66.3. The highest BCUT2D eigenvalue weighted by atomic mass is 32.2. The molecule has 0 aliphatic carbocycles. The maximum Gasteiger partial charge on any atom is 0.165 e. The van der Waals surface area contributed by atoms with Gasteiger partial charge in [-0.15, -0.1) is 0 Å². The van der Waals surface area contributed by atoms with Crippen LogP contribution in [0.25, 0.3) is 45.3 Å². The highest BCUT2D eigenvalue weighted by molar-refractivity contribution is 7.99. The summed E-state index contributed by atoms with van der Waals surface area (Å²) in [6.07, 6.45) is 0. The third-order valence-corrected chi connectivity index (χ3v) is 10.7. The fourth-order valence-corrected chi connectivity index (χ4v) is 8.49. The maximum atomic E-state index is 5.22. The first kappa shape index (κ1) is 30.0. The Kier molecular flexibility index (Phi) is 7.64. The molecule has 0 spiro atoms. The zero-order valence-corrected chi connectivity index (χ0v) is 28.0. The lowest BCUT2D eigenvalue weighted by atomic mass is 9.64. The van der Waals surface area contributed by atoms with Gasteiger partial charge in [-0.1, -0.05) is 194 Å². The molecule has 8 aromatic rings. The lowest BCUT2D eigenvalue weighted by Gasteiger charge is -2.42. The van der Waals surface area contributed by atoms with E-state index in [2.05, 4.69) is 164 Å². The SMILES string of the molecule is c1ccc(-c2ccc(-c3nc(-c4ccccc4)nc(-c4cccc5c4Sc4ccccc4C5(c4ccccc4)c4ccccc4)n3)cc2)cc1. The number of aromatic nitrogens is 3. The molecule has 236 valence electrons. The van der Waals surface area contributed by atoms with Gasteiger partial charge in [0.25, 0.3) is 0 Å². The van der Waals surface area contributed by atoms with Crippen LogP contribution in [0, 0.1) is 0 Å². The van der Waals surface area contributed by atoms with E-state index < -0.39 is 5.41 Å². The molecule has 9 rings (SSSR count). The molecule has 0 radical (unpaired) electrons. The van der Waals surface area contributed by atoms with Crippen LogP contribution in [0.3, 0.4) is 0 Å². The average molecular weight is 658 g/mol. The van der Waals surface area contributed by atoms with Crippen molar-refractivity contribution in [3.05, 3.63) is 210 Å². The van der Waals surface area contributed by atoms with Gasteiger partial charge in [-0.2, -0.15) is 0 Å². The monoisotopic (exact) mass is 657 g/mol. The minimum atomic E-state index is -0.541. The Morgan fingerprint density at radius 2 is 0.780 bits per heavy atom. The van der Waals surface area contributed by atoms with Crippen LogP contribution in [-0.2, 0) is 5.41 Å². The van der Waals surface area contributed by atoms with Crippen LogP contribution >= 0.6 is 11.8 Å². The second-order valence-electron chi connectivity index (χ2n) is 12.4. The molecule has 0 amide bonds. The van der Waals surface area contributed by atoms with Gasteiger partial charge in [-0.25, -0.2) is 15.0 Å². The molecule has 0 saturated carbocycles. The fourth-order valence-electron chi connectivity index (χ4n) is 7.19. The lowest BCUT2D eigenvalue weighted by Crippen LogP contribution is -2.34. The van der Waals surface area contributed by atoms with E-state index in [9.17, 15) is 0 Å². The molecule has 0 unspecified atom stereocenters. The molecule has 1 aliphatic rings. The summed E-state index contributed by atoms with van der Waals surface area (Å²) >= 11 is 1.80. The van der Waals surface area contributed by atoms with Crippen LogP contribution in [0.1, 0.15) is 22.3 Å². The van der Waals surface area contributed by atoms with E-state index in [1.165, 1.54) is 32.7 Å². The van der Waals surface area contributed by atoms with E-state index in [0.717, 1.165) is 27.1 Å². The van der Waals surface area contributed by atoms with Crippen molar-refractivity contribution in [2.24, 2.45) is 0 Å². The number of benzene rings is 7. The van der Waals surface area contributed by atoms with Crippen LogP contribution in [0.15, 0.2) is 198 Å². The Labute approximate surface area is 296 Å². The number of rotatable bonds is 6. The van der Waals surface area contributed by atoms with Crippen LogP contribution in [0.2, 0.25) is 0 Å². The van der Waals surface area contributed by atoms with Crippen molar-refractivity contribution in [1.29, 1.82) is 0 Å². The average Bonchev–Trinajstić information content (AvgIpc) is 3.21. The van der Waals surface area contributed by atoms with E-state index in [-0.39, 0.29) is 0 Å². The first-order valence-electron chi connectivity index (χ1n) is 16.8. The van der Waals surface area contributed by atoms with Gasteiger partial charge < -0.3 is 0 Å². The zero-order valence-electron chi connectivity index (χ0n) is 27.1. The van der Waals surface area contributed by atoms with Gasteiger partial charge in [-0.3, -0.25) is 0 Å². The molecule has 1 aromatic heterocycles. The van der Waals surface area contributed by atoms with Crippen molar-refractivity contribution in [2.45, 2.75) is 15.2 Å². The molecule has 2 heterocycles. The van der Waals surface area contributed by atoms with Gasteiger partial charge >= 0.3 is 0 Å². The Balaban J connectivity index is 1.28. The number of hydrogen-bond donors (Lipinski definition) is 0. The van der Waals surface area contributed by atoms with Crippen molar-refractivity contribution < 1.29 is 0 Å². The molecule has 4 heteroatoms. The van der Waals surface area contributed by atoms with Crippen molar-refractivity contribution in [1.82, 2.24) is 15.0 Å². The van der Waals surface area contributed by atoms with Gasteiger partial charge in [0.1, 0.15) is 0 Å². The minimum Gasteiger partial charge on any atom is -0.208 e. The summed E-state index contributed by atoms with van der Waals surface area (Å²) in [5.41, 5.74) is 9.58. The summed E-state index contributed by atoms with van der Waals surface area (Å²) in [6.45, 7) is 0. The summed E-state index contributed by atoms with van der Waals surface area (Å²) in [5.74, 6) is 1.94. The van der Waals surface area contributed by atoms with E-state index in [0.29, 0.717) is 17.5 Å². The van der Waals surface area contributed by atoms with Crippen molar-refractivity contribution in [2.75, 3.05) is 0 Å². The van der Waals surface area contributed by atoms with Crippen molar-refractivity contribution >= 4 is 11.8 Å². The molecule has 0 atom stereocenters. The second-order valence-corrected chi connectivity index (χ2v) is 13.4. The Morgan fingerprint density at radius 1 is 0.340 bits per heavy atom. The highest BCUT2D eigenvalue weighted by Crippen LogP contribution is 2.57. The summed E-state index contributed by atoms with van der Waals surface area (Å²) in [7, 11) is 0. The Bertz CT molecular complexity index is 2390. The third kappa shape index (κ3) is 5.13. The van der Waals surface area contributed by atoms with Crippen LogP contribution in [0.5, 0.6) is 0 Å². The second kappa shape index (κ2) is 12.7. The molecule has 0 N–H and O–H groups in total. The zero-order chi connectivity index (χ0) is 33.3. The molecular formula is C46H31N3S. The van der Waals surface area contributed by atoms with E-state index in [1.54, 1.807) is 11.8 Å². The lowest BCUT2D eigenvalue weighted by molar-refractivity contribution is 0.703. The van der Waals surface area contributed by atoms with E-state index in [4.69, 9.17) is 15.0 Å². The molecule has 0 saturated heterocycles. The first-order chi connectivity index (χ1) is 24.8. The smallest absolute Gasteiger partial charge is 0.165 e. The third-order valence-electron chi connectivity index (χ3n) is 9.49. The maximum absolute atomic E-state index is 5.22. The number of nitrogens with zero attached hydrogens (tertiary/aromatic N) is 3. The van der Waals surface area contributed by atoms with Crippen LogP contribution < -0.4 is 0 Å². The van der Waals surface area contributed by atoms with Crippen LogP contribution in [-0.4, -0.2) is 15.0 Å². The minimum absolute atomic E-state index is 0.541. The summed E-state index contributed by atoms with van der Waals surface area (Å²) in [5, 5.41) is 0. The van der Waals surface area contributed by atoms with E-state index in [1.807, 2.05) is 24.3 Å². The molecule has 7 aromatic carbocycles. The summed E-state index contributed by atoms with van der Waals surface area (Å²) in [4.78, 5) is 17.8. The highest BCUT2D eigenvalue weighted by Gasteiger charge is 2.45. The van der Waals surface area contributed by atoms with Crippen molar-refractivity contribution in [3.63, 3.8) is 0 Å². The predicted molar refractivity (Wildman–Crippen MR) is 204 cm³/mol. The normalized spacial score (nSPS) is 12.9. The van der Waals surface area contributed by atoms with Crippen molar-refractivity contribution in [3.8, 4) is 45.3 Å². The van der Waals surface area contributed by atoms with Gasteiger partial charge in [0.15, 0.2) is 17.5 Å². The Hall–Kier alpha value is -6.10. The molecule has 3 nitrogen and oxygen atoms in total. The fraction of sp³-hybridized carbons (Fsp3) is 0.0217. The van der Waals surface area contributed by atoms with Gasteiger partial charge in [-0.05, 0) is 39.4 Å². The Morgan fingerprint density at radius 3 is 1.40 bits per heavy atom. The van der Waals surface area contributed by atoms with Crippen LogP contribution in [0.4, 0.5) is 0 Å². The largest absolute Gasteiger partial charge is 0.208 e. The molecule has 50 heavy (non-hydrogen) atoms. The topological polar surface area (TPSA) is 38.7 Å². The number of hydrogen-bond acceptors (Lipinski definition) is 4. The summed E-state index contributed by atoms with van der Waals surface area (Å²) < 4.78 is 0. The van der Waals surface area contributed by atoms with Gasteiger partial charge in [0.05, 0.1) is 5.41 Å². The molecule has 1 aliphatic heterocycles. The van der Waals surface area contributed by atoms with Gasteiger partial charge in [0.2, 0.25) is 0 Å². The molecule has 0 fully saturated rings. The van der Waals surface area contributed by atoms with Gasteiger partial charge in [0, 0.05) is 26.5 Å².